The predicted molar refractivity (Wildman–Crippen MR) is 77.4 cm³/mol. The lowest BCUT2D eigenvalue weighted by atomic mass is 10.0. The highest BCUT2D eigenvalue weighted by Gasteiger charge is 2.20. The van der Waals surface area contributed by atoms with E-state index < -0.39 is 11.6 Å². The number of likely N-dealkylation sites (N-methyl/N-ethyl adjacent to an activating group) is 1. The molecule has 1 heterocycles. The van der Waals surface area contributed by atoms with Gasteiger partial charge in [-0.2, -0.15) is 5.10 Å². The molecule has 0 radical (unpaired) electrons. The van der Waals surface area contributed by atoms with Gasteiger partial charge in [-0.1, -0.05) is 19.1 Å². The van der Waals surface area contributed by atoms with E-state index in [4.69, 9.17) is 0 Å². The van der Waals surface area contributed by atoms with Crippen molar-refractivity contribution in [3.63, 3.8) is 0 Å². The van der Waals surface area contributed by atoms with Crippen molar-refractivity contribution in [2.75, 3.05) is 6.54 Å². The lowest BCUT2D eigenvalue weighted by molar-refractivity contribution is 0.469. The van der Waals surface area contributed by atoms with Crippen LogP contribution in [0, 0.1) is 11.6 Å². The summed E-state index contributed by atoms with van der Waals surface area (Å²) < 4.78 is 29.7. The van der Waals surface area contributed by atoms with Crippen molar-refractivity contribution in [2.45, 2.75) is 19.4 Å². The number of aromatic nitrogens is 2. The van der Waals surface area contributed by atoms with Gasteiger partial charge in [-0.25, -0.2) is 8.78 Å². The van der Waals surface area contributed by atoms with Crippen LogP contribution < -0.4 is 5.32 Å². The molecule has 0 amide bonds. The number of nitrogens with zero attached hydrogens (tertiary/aromatic N) is 2. The molecule has 2 aromatic rings. The van der Waals surface area contributed by atoms with Crippen LogP contribution in [0.25, 0.3) is 0 Å². The largest absolute Gasteiger partial charge is 0.309 e. The van der Waals surface area contributed by atoms with E-state index in [2.05, 4.69) is 26.3 Å². The zero-order valence-electron chi connectivity index (χ0n) is 11.3. The molecule has 2 rings (SSSR count). The van der Waals surface area contributed by atoms with Crippen LogP contribution in [0.15, 0.2) is 28.9 Å². The molecular formula is C14H16BrF2N3. The van der Waals surface area contributed by atoms with Crippen molar-refractivity contribution < 1.29 is 8.78 Å². The van der Waals surface area contributed by atoms with Gasteiger partial charge in [-0.15, -0.1) is 0 Å². The van der Waals surface area contributed by atoms with Crippen molar-refractivity contribution in [3.8, 4) is 0 Å². The highest BCUT2D eigenvalue weighted by molar-refractivity contribution is 9.10. The van der Waals surface area contributed by atoms with Crippen molar-refractivity contribution in [1.29, 1.82) is 0 Å². The summed E-state index contributed by atoms with van der Waals surface area (Å²) in [6, 6.07) is 4.11. The van der Waals surface area contributed by atoms with E-state index in [-0.39, 0.29) is 6.04 Å². The third-order valence-electron chi connectivity index (χ3n) is 3.17. The Labute approximate surface area is 125 Å². The number of benzene rings is 1. The molecule has 0 spiro atoms. The second kappa shape index (κ2) is 6.45. The van der Waals surface area contributed by atoms with Gasteiger partial charge in [-0.3, -0.25) is 4.68 Å². The minimum absolute atomic E-state index is 0.141. The first-order valence-corrected chi connectivity index (χ1v) is 7.17. The fourth-order valence-corrected chi connectivity index (χ4v) is 2.87. The minimum Gasteiger partial charge on any atom is -0.309 e. The summed E-state index contributed by atoms with van der Waals surface area (Å²) in [6.45, 7) is 2.69. The molecule has 0 aliphatic heterocycles. The first-order chi connectivity index (χ1) is 9.54. The number of rotatable bonds is 5. The third-order valence-corrected chi connectivity index (χ3v) is 3.78. The Morgan fingerprint density at radius 2 is 2.15 bits per heavy atom. The average molecular weight is 344 g/mol. The fraction of sp³-hybridized carbons (Fsp3) is 0.357. The van der Waals surface area contributed by atoms with Crippen molar-refractivity contribution in [3.05, 3.63) is 51.8 Å². The van der Waals surface area contributed by atoms with Crippen LogP contribution in [0.4, 0.5) is 8.78 Å². The Morgan fingerprint density at radius 1 is 1.40 bits per heavy atom. The van der Waals surface area contributed by atoms with E-state index >= 15 is 0 Å². The van der Waals surface area contributed by atoms with Gasteiger partial charge in [0, 0.05) is 7.05 Å². The van der Waals surface area contributed by atoms with E-state index in [0.29, 0.717) is 12.0 Å². The van der Waals surface area contributed by atoms with E-state index in [9.17, 15) is 8.78 Å². The summed E-state index contributed by atoms with van der Waals surface area (Å²) in [7, 11) is 1.83. The molecule has 0 bridgehead atoms. The van der Waals surface area contributed by atoms with Gasteiger partial charge in [0.1, 0.15) is 0 Å². The van der Waals surface area contributed by atoms with Gasteiger partial charge in [0.2, 0.25) is 0 Å². The Balaban J connectivity index is 2.33. The molecule has 108 valence electrons. The van der Waals surface area contributed by atoms with E-state index in [0.717, 1.165) is 22.8 Å². The fourth-order valence-electron chi connectivity index (χ4n) is 2.25. The van der Waals surface area contributed by atoms with Crippen molar-refractivity contribution >= 4 is 15.9 Å². The van der Waals surface area contributed by atoms with Crippen LogP contribution in [0.3, 0.4) is 0 Å². The SMILES string of the molecule is CCNC(Cc1cccc(F)c1F)c1c(Br)cnn1C. The van der Waals surface area contributed by atoms with Crippen LogP contribution in [0.5, 0.6) is 0 Å². The summed E-state index contributed by atoms with van der Waals surface area (Å²) >= 11 is 3.44. The van der Waals surface area contributed by atoms with Gasteiger partial charge in [0.25, 0.3) is 0 Å². The first-order valence-electron chi connectivity index (χ1n) is 6.38. The van der Waals surface area contributed by atoms with Gasteiger partial charge >= 0.3 is 0 Å². The second-order valence-corrected chi connectivity index (χ2v) is 5.38. The molecule has 1 N–H and O–H groups in total. The quantitative estimate of drug-likeness (QED) is 0.902. The smallest absolute Gasteiger partial charge is 0.162 e. The van der Waals surface area contributed by atoms with Crippen LogP contribution in [-0.2, 0) is 13.5 Å². The number of hydrogen-bond donors (Lipinski definition) is 1. The van der Waals surface area contributed by atoms with Crippen molar-refractivity contribution in [2.24, 2.45) is 7.05 Å². The third kappa shape index (κ3) is 3.07. The number of nitrogens with one attached hydrogen (secondary N) is 1. The lowest BCUT2D eigenvalue weighted by Crippen LogP contribution is -2.26. The molecule has 0 aliphatic rings. The zero-order valence-corrected chi connectivity index (χ0v) is 12.9. The normalized spacial score (nSPS) is 12.7. The number of halogens is 3. The minimum atomic E-state index is -0.818. The van der Waals surface area contributed by atoms with Gasteiger partial charge in [-0.05, 0) is 40.5 Å². The lowest BCUT2D eigenvalue weighted by Gasteiger charge is -2.19. The van der Waals surface area contributed by atoms with Crippen LogP contribution >= 0.6 is 15.9 Å². The maximum Gasteiger partial charge on any atom is 0.162 e. The number of hydrogen-bond acceptors (Lipinski definition) is 2. The topological polar surface area (TPSA) is 29.9 Å². The maximum atomic E-state index is 13.8. The maximum absolute atomic E-state index is 13.8. The van der Waals surface area contributed by atoms with Crippen LogP contribution in [0.2, 0.25) is 0 Å². The molecule has 0 aliphatic carbocycles. The summed E-state index contributed by atoms with van der Waals surface area (Å²) in [5.74, 6) is -1.60. The van der Waals surface area contributed by atoms with Crippen LogP contribution in [-0.4, -0.2) is 16.3 Å². The Morgan fingerprint density at radius 3 is 2.75 bits per heavy atom. The second-order valence-electron chi connectivity index (χ2n) is 4.53. The van der Waals surface area contributed by atoms with E-state index in [1.807, 2.05) is 14.0 Å². The highest BCUT2D eigenvalue weighted by atomic mass is 79.9. The van der Waals surface area contributed by atoms with Gasteiger partial charge in [0.05, 0.1) is 22.4 Å². The first kappa shape index (κ1) is 15.1. The molecular weight excluding hydrogens is 328 g/mol. The average Bonchev–Trinajstić information content (AvgIpc) is 2.74. The zero-order chi connectivity index (χ0) is 14.7. The van der Waals surface area contributed by atoms with Gasteiger partial charge in [0.15, 0.2) is 11.6 Å². The molecule has 1 aromatic heterocycles. The standard InChI is InChI=1S/C14H16BrF2N3/c1-3-18-12(14-10(15)8-19-20(14)2)7-9-5-4-6-11(16)13(9)17/h4-6,8,12,18H,3,7H2,1-2H3. The highest BCUT2D eigenvalue weighted by Crippen LogP contribution is 2.26. The Kier molecular flexibility index (Phi) is 4.88. The molecule has 1 aromatic carbocycles. The van der Waals surface area contributed by atoms with Gasteiger partial charge < -0.3 is 5.32 Å². The monoisotopic (exact) mass is 343 g/mol. The molecule has 3 nitrogen and oxygen atoms in total. The van der Waals surface area contributed by atoms with Crippen molar-refractivity contribution in [1.82, 2.24) is 15.1 Å². The molecule has 6 heteroatoms. The molecule has 0 saturated carbocycles. The Hall–Kier alpha value is -1.27. The predicted octanol–water partition coefficient (Wildman–Crippen LogP) is 3.35. The summed E-state index contributed by atoms with van der Waals surface area (Å²) in [5, 5.41) is 7.44. The molecule has 0 fully saturated rings. The van der Waals surface area contributed by atoms with E-state index in [1.54, 1.807) is 16.9 Å². The number of aryl methyl sites for hydroxylation is 1. The molecule has 1 unspecified atom stereocenters. The summed E-state index contributed by atoms with van der Waals surface area (Å²) in [4.78, 5) is 0. The molecule has 1 atom stereocenters. The van der Waals surface area contributed by atoms with Crippen LogP contribution in [0.1, 0.15) is 24.2 Å². The summed E-state index contributed by atoms with van der Waals surface area (Å²) in [6.07, 6.45) is 2.05. The Bertz CT molecular complexity index is 579. The summed E-state index contributed by atoms with van der Waals surface area (Å²) in [5.41, 5.74) is 1.26. The molecule has 0 saturated heterocycles. The molecule has 20 heavy (non-hydrogen) atoms. The van der Waals surface area contributed by atoms with E-state index in [1.165, 1.54) is 6.07 Å².